The Bertz CT molecular complexity index is 1140. The molecule has 0 unspecified atom stereocenters. The van der Waals surface area contributed by atoms with E-state index in [1.54, 1.807) is 19.5 Å². The minimum Gasteiger partial charge on any atom is -0.497 e. The number of nitrogens with zero attached hydrogens (tertiary/aromatic N) is 3. The van der Waals surface area contributed by atoms with E-state index in [1.807, 2.05) is 35.2 Å². The van der Waals surface area contributed by atoms with E-state index in [0.29, 0.717) is 13.0 Å². The summed E-state index contributed by atoms with van der Waals surface area (Å²) >= 11 is 0. The van der Waals surface area contributed by atoms with Gasteiger partial charge in [0.05, 0.1) is 20.1 Å². The summed E-state index contributed by atoms with van der Waals surface area (Å²) in [4.78, 5) is 21.7. The van der Waals surface area contributed by atoms with Gasteiger partial charge in [0.15, 0.2) is 0 Å². The van der Waals surface area contributed by atoms with E-state index in [1.165, 1.54) is 5.56 Å². The molecule has 5 rings (SSSR count). The van der Waals surface area contributed by atoms with Crippen LogP contribution in [0.4, 0.5) is 0 Å². The summed E-state index contributed by atoms with van der Waals surface area (Å²) in [7, 11) is 1.68. The number of pyridine rings is 1. The molecule has 3 atom stereocenters. The lowest BCUT2D eigenvalue weighted by Crippen LogP contribution is -2.68. The highest BCUT2D eigenvalue weighted by molar-refractivity contribution is 5.78. The number of carbonyl (C=O) groups excluding carboxylic acids is 1. The smallest absolute Gasteiger partial charge is 0.227 e. The van der Waals surface area contributed by atoms with Crippen molar-refractivity contribution in [3.8, 4) is 16.9 Å². The largest absolute Gasteiger partial charge is 0.497 e. The van der Waals surface area contributed by atoms with Crippen molar-refractivity contribution in [2.75, 3.05) is 33.4 Å². The number of carbonyl (C=O) groups is 1. The Labute approximate surface area is 207 Å². The van der Waals surface area contributed by atoms with Gasteiger partial charge in [-0.2, -0.15) is 0 Å². The van der Waals surface area contributed by atoms with E-state index in [4.69, 9.17) is 4.74 Å². The standard InChI is InChI=1S/C29H33N3O3/c1-35-25-6-4-5-24(18-25)22-7-9-23(10-8-22)29-26-19-31(15-2-3-16-32(26)27(29)20-33)28(34)17-21-11-13-30-14-12-21/h4-14,18,26-27,29,33H,2-3,15-17,19-20H2,1H3/t26-,27+,29-/m1/s1. The topological polar surface area (TPSA) is 65.9 Å². The molecule has 0 spiro atoms. The number of hydrogen-bond donors (Lipinski definition) is 1. The number of aliphatic hydroxyl groups excluding tert-OH is 1. The van der Waals surface area contributed by atoms with E-state index in [0.717, 1.165) is 48.4 Å². The summed E-state index contributed by atoms with van der Waals surface area (Å²) in [5, 5.41) is 10.2. The number of aliphatic hydroxyl groups is 1. The first kappa shape index (κ1) is 23.5. The zero-order valence-electron chi connectivity index (χ0n) is 20.2. The molecule has 1 N–H and O–H groups in total. The quantitative estimate of drug-likeness (QED) is 0.593. The summed E-state index contributed by atoms with van der Waals surface area (Å²) in [5.41, 5.74) is 4.47. The zero-order chi connectivity index (χ0) is 24.2. The molecule has 3 heterocycles. The summed E-state index contributed by atoms with van der Waals surface area (Å²) < 4.78 is 5.37. The molecular formula is C29H33N3O3. The van der Waals surface area contributed by atoms with Gasteiger partial charge in [-0.15, -0.1) is 0 Å². The minimum atomic E-state index is 0.0953. The molecule has 1 aromatic heterocycles. The molecule has 2 aliphatic rings. The van der Waals surface area contributed by atoms with E-state index in [-0.39, 0.29) is 30.5 Å². The third-order valence-corrected chi connectivity index (χ3v) is 7.53. The maximum atomic E-state index is 13.2. The van der Waals surface area contributed by atoms with Crippen LogP contribution >= 0.6 is 0 Å². The highest BCUT2D eigenvalue weighted by atomic mass is 16.5. The van der Waals surface area contributed by atoms with Gasteiger partial charge in [-0.25, -0.2) is 0 Å². The molecule has 2 aromatic carbocycles. The number of methoxy groups -OCH3 is 1. The molecule has 2 saturated heterocycles. The van der Waals surface area contributed by atoms with Crippen molar-refractivity contribution >= 4 is 5.91 Å². The van der Waals surface area contributed by atoms with Crippen LogP contribution < -0.4 is 4.74 Å². The Morgan fingerprint density at radius 1 is 1.03 bits per heavy atom. The van der Waals surface area contributed by atoms with Crippen LogP contribution in [0, 0.1) is 0 Å². The van der Waals surface area contributed by atoms with Crippen molar-refractivity contribution in [3.05, 3.63) is 84.2 Å². The Kier molecular flexibility index (Phi) is 7.11. The van der Waals surface area contributed by atoms with Crippen LogP contribution in [0.25, 0.3) is 11.1 Å². The van der Waals surface area contributed by atoms with E-state index in [2.05, 4.69) is 40.2 Å². The predicted molar refractivity (Wildman–Crippen MR) is 136 cm³/mol. The van der Waals surface area contributed by atoms with Gasteiger partial charge in [0.2, 0.25) is 5.91 Å². The van der Waals surface area contributed by atoms with Gasteiger partial charge in [-0.3, -0.25) is 14.7 Å². The number of ether oxygens (including phenoxy) is 1. The highest BCUT2D eigenvalue weighted by Crippen LogP contribution is 2.42. The van der Waals surface area contributed by atoms with Crippen molar-refractivity contribution < 1.29 is 14.6 Å². The van der Waals surface area contributed by atoms with Crippen molar-refractivity contribution in [2.24, 2.45) is 0 Å². The lowest BCUT2D eigenvalue weighted by Gasteiger charge is -2.57. The van der Waals surface area contributed by atoms with Crippen LogP contribution in [-0.2, 0) is 11.2 Å². The van der Waals surface area contributed by atoms with Gasteiger partial charge in [-0.05, 0) is 65.9 Å². The predicted octanol–water partition coefficient (Wildman–Crippen LogP) is 3.75. The van der Waals surface area contributed by atoms with Crippen molar-refractivity contribution in [2.45, 2.75) is 37.3 Å². The lowest BCUT2D eigenvalue weighted by atomic mass is 9.74. The fourth-order valence-corrected chi connectivity index (χ4v) is 5.65. The molecule has 0 radical (unpaired) electrons. The van der Waals surface area contributed by atoms with Crippen molar-refractivity contribution in [3.63, 3.8) is 0 Å². The van der Waals surface area contributed by atoms with Gasteiger partial charge in [0, 0.05) is 43.5 Å². The maximum Gasteiger partial charge on any atom is 0.227 e. The zero-order valence-corrected chi connectivity index (χ0v) is 20.2. The second-order valence-electron chi connectivity index (χ2n) is 9.51. The molecule has 0 saturated carbocycles. The number of hydrogen-bond acceptors (Lipinski definition) is 5. The van der Waals surface area contributed by atoms with Crippen LogP contribution in [0.2, 0.25) is 0 Å². The Morgan fingerprint density at radius 3 is 2.54 bits per heavy atom. The van der Waals surface area contributed by atoms with Gasteiger partial charge in [-0.1, -0.05) is 36.4 Å². The molecule has 2 fully saturated rings. The summed E-state index contributed by atoms with van der Waals surface area (Å²) in [5.74, 6) is 1.21. The van der Waals surface area contributed by atoms with Gasteiger partial charge >= 0.3 is 0 Å². The molecule has 35 heavy (non-hydrogen) atoms. The molecule has 6 heteroatoms. The molecule has 2 aliphatic heterocycles. The number of benzene rings is 2. The van der Waals surface area contributed by atoms with Gasteiger partial charge in [0.1, 0.15) is 5.75 Å². The highest BCUT2D eigenvalue weighted by Gasteiger charge is 2.49. The first-order chi connectivity index (χ1) is 17.2. The number of fused-ring (bicyclic) bond motifs is 1. The summed E-state index contributed by atoms with van der Waals surface area (Å²) in [6, 6.07) is 20.9. The maximum absolute atomic E-state index is 13.2. The Balaban J connectivity index is 1.35. The van der Waals surface area contributed by atoms with E-state index >= 15 is 0 Å². The van der Waals surface area contributed by atoms with Gasteiger partial charge < -0.3 is 14.7 Å². The molecule has 1 amide bonds. The molecular weight excluding hydrogens is 438 g/mol. The molecule has 3 aromatic rings. The van der Waals surface area contributed by atoms with Gasteiger partial charge in [0.25, 0.3) is 0 Å². The lowest BCUT2D eigenvalue weighted by molar-refractivity contribution is -0.135. The second kappa shape index (κ2) is 10.6. The SMILES string of the molecule is COc1cccc(-c2ccc([C@@H]3[C@H]4CN(C(=O)Cc5ccncc5)CCCCN4[C@H]3CO)cc2)c1. The molecule has 6 nitrogen and oxygen atoms in total. The fraction of sp³-hybridized carbons (Fsp3) is 0.379. The third-order valence-electron chi connectivity index (χ3n) is 7.53. The Morgan fingerprint density at radius 2 is 1.80 bits per heavy atom. The fourth-order valence-electron chi connectivity index (χ4n) is 5.65. The normalized spacial score (nSPS) is 22.5. The average molecular weight is 472 g/mol. The molecule has 0 bridgehead atoms. The molecule has 182 valence electrons. The number of rotatable bonds is 6. The first-order valence-electron chi connectivity index (χ1n) is 12.5. The third kappa shape index (κ3) is 4.95. The van der Waals surface area contributed by atoms with E-state index in [9.17, 15) is 9.90 Å². The van der Waals surface area contributed by atoms with Crippen LogP contribution in [0.15, 0.2) is 73.1 Å². The monoisotopic (exact) mass is 471 g/mol. The van der Waals surface area contributed by atoms with Crippen molar-refractivity contribution in [1.29, 1.82) is 0 Å². The number of amides is 1. The first-order valence-corrected chi connectivity index (χ1v) is 12.5. The minimum absolute atomic E-state index is 0.0953. The van der Waals surface area contributed by atoms with E-state index < -0.39 is 0 Å². The van der Waals surface area contributed by atoms with Crippen LogP contribution in [0.1, 0.15) is 29.9 Å². The van der Waals surface area contributed by atoms with Crippen LogP contribution in [0.3, 0.4) is 0 Å². The summed E-state index contributed by atoms with van der Waals surface area (Å²) in [6.07, 6.45) is 5.90. The molecule has 0 aliphatic carbocycles. The second-order valence-corrected chi connectivity index (χ2v) is 9.51. The average Bonchev–Trinajstić information content (AvgIpc) is 2.88. The van der Waals surface area contributed by atoms with Crippen LogP contribution in [0.5, 0.6) is 5.75 Å². The van der Waals surface area contributed by atoms with Crippen molar-refractivity contribution in [1.82, 2.24) is 14.8 Å². The Hall–Kier alpha value is -3.22. The number of aromatic nitrogens is 1. The van der Waals surface area contributed by atoms with Crippen LogP contribution in [-0.4, -0.2) is 71.2 Å². The summed E-state index contributed by atoms with van der Waals surface area (Å²) in [6.45, 7) is 2.59.